The Bertz CT molecular complexity index is 1100. The summed E-state index contributed by atoms with van der Waals surface area (Å²) in [5, 5.41) is 5.67. The SMILES string of the molecule is CCN(Cc1ccc(C(=O)NCc2cccc(NC(=O)c3cccc(F)c3)c2)cc1)C(C)C. The fourth-order valence-corrected chi connectivity index (χ4v) is 3.53. The minimum Gasteiger partial charge on any atom is -0.348 e. The Morgan fingerprint density at radius 3 is 2.27 bits per heavy atom. The lowest BCUT2D eigenvalue weighted by atomic mass is 10.1. The summed E-state index contributed by atoms with van der Waals surface area (Å²) in [6.45, 7) is 8.64. The van der Waals surface area contributed by atoms with E-state index in [2.05, 4.69) is 36.3 Å². The minimum absolute atomic E-state index is 0.160. The van der Waals surface area contributed by atoms with Gasteiger partial charge in [0.25, 0.3) is 11.8 Å². The topological polar surface area (TPSA) is 61.4 Å². The van der Waals surface area contributed by atoms with Gasteiger partial charge < -0.3 is 10.6 Å². The average Bonchev–Trinajstić information content (AvgIpc) is 2.81. The van der Waals surface area contributed by atoms with E-state index in [-0.39, 0.29) is 11.5 Å². The zero-order valence-electron chi connectivity index (χ0n) is 19.3. The van der Waals surface area contributed by atoms with Gasteiger partial charge in [0.05, 0.1) is 0 Å². The molecule has 0 radical (unpaired) electrons. The molecule has 0 bridgehead atoms. The molecule has 3 aromatic rings. The van der Waals surface area contributed by atoms with Gasteiger partial charge >= 0.3 is 0 Å². The number of rotatable bonds is 9. The van der Waals surface area contributed by atoms with Crippen molar-refractivity contribution >= 4 is 17.5 Å². The van der Waals surface area contributed by atoms with Crippen LogP contribution in [0, 0.1) is 5.82 Å². The van der Waals surface area contributed by atoms with E-state index in [0.717, 1.165) is 18.7 Å². The van der Waals surface area contributed by atoms with Crippen molar-refractivity contribution in [2.75, 3.05) is 11.9 Å². The number of amides is 2. The molecule has 0 saturated heterocycles. The number of nitrogens with one attached hydrogen (secondary N) is 2. The van der Waals surface area contributed by atoms with E-state index in [1.165, 1.54) is 23.8 Å². The molecule has 6 heteroatoms. The fourth-order valence-electron chi connectivity index (χ4n) is 3.53. The Labute approximate surface area is 194 Å². The molecule has 3 aromatic carbocycles. The van der Waals surface area contributed by atoms with Crippen molar-refractivity contribution in [1.82, 2.24) is 10.2 Å². The van der Waals surface area contributed by atoms with Crippen molar-refractivity contribution in [3.63, 3.8) is 0 Å². The maximum Gasteiger partial charge on any atom is 0.255 e. The molecule has 0 aliphatic rings. The van der Waals surface area contributed by atoms with E-state index in [1.54, 1.807) is 24.3 Å². The van der Waals surface area contributed by atoms with Crippen LogP contribution in [-0.2, 0) is 13.1 Å². The van der Waals surface area contributed by atoms with Gasteiger partial charge in [-0.15, -0.1) is 0 Å². The highest BCUT2D eigenvalue weighted by molar-refractivity contribution is 6.04. The molecule has 0 fully saturated rings. The molecular weight excluding hydrogens is 417 g/mol. The number of halogens is 1. The van der Waals surface area contributed by atoms with Crippen molar-refractivity contribution in [3.8, 4) is 0 Å². The molecule has 2 amide bonds. The first-order valence-electron chi connectivity index (χ1n) is 11.1. The number of benzene rings is 3. The predicted molar refractivity (Wildman–Crippen MR) is 130 cm³/mol. The van der Waals surface area contributed by atoms with E-state index >= 15 is 0 Å². The number of carbonyl (C=O) groups is 2. The first kappa shape index (κ1) is 24.1. The molecule has 0 saturated carbocycles. The molecule has 3 rings (SSSR count). The lowest BCUT2D eigenvalue weighted by Crippen LogP contribution is -2.30. The molecule has 0 aliphatic carbocycles. The van der Waals surface area contributed by atoms with Gasteiger partial charge in [0.1, 0.15) is 5.82 Å². The second kappa shape index (κ2) is 11.4. The van der Waals surface area contributed by atoms with Crippen LogP contribution in [0.4, 0.5) is 10.1 Å². The monoisotopic (exact) mass is 447 g/mol. The Kier molecular flexibility index (Phi) is 8.33. The molecular formula is C27H30FN3O2. The van der Waals surface area contributed by atoms with Gasteiger partial charge in [0.2, 0.25) is 0 Å². The predicted octanol–water partition coefficient (Wildman–Crippen LogP) is 5.24. The summed E-state index contributed by atoms with van der Waals surface area (Å²) < 4.78 is 13.4. The second-order valence-electron chi connectivity index (χ2n) is 8.20. The van der Waals surface area contributed by atoms with E-state index < -0.39 is 11.7 Å². The molecule has 0 aromatic heterocycles. The summed E-state index contributed by atoms with van der Waals surface area (Å²) in [4.78, 5) is 27.3. The largest absolute Gasteiger partial charge is 0.348 e. The van der Waals surface area contributed by atoms with Gasteiger partial charge in [-0.25, -0.2) is 4.39 Å². The van der Waals surface area contributed by atoms with Crippen LogP contribution in [0.15, 0.2) is 72.8 Å². The van der Waals surface area contributed by atoms with Crippen molar-refractivity contribution in [2.24, 2.45) is 0 Å². The van der Waals surface area contributed by atoms with Crippen LogP contribution < -0.4 is 10.6 Å². The van der Waals surface area contributed by atoms with Gasteiger partial charge in [-0.05, 0) is 74.0 Å². The van der Waals surface area contributed by atoms with E-state index in [9.17, 15) is 14.0 Å². The number of carbonyl (C=O) groups excluding carboxylic acids is 2. The molecule has 33 heavy (non-hydrogen) atoms. The zero-order valence-corrected chi connectivity index (χ0v) is 19.3. The lowest BCUT2D eigenvalue weighted by Gasteiger charge is -2.24. The highest BCUT2D eigenvalue weighted by Gasteiger charge is 2.10. The number of hydrogen-bond acceptors (Lipinski definition) is 3. The molecule has 0 aliphatic heterocycles. The summed E-state index contributed by atoms with van der Waals surface area (Å²) in [5.41, 5.74) is 3.43. The van der Waals surface area contributed by atoms with Crippen LogP contribution in [0.25, 0.3) is 0 Å². The normalized spacial score (nSPS) is 11.0. The maximum absolute atomic E-state index is 13.4. The Hall–Kier alpha value is -3.51. The summed E-state index contributed by atoms with van der Waals surface area (Å²) in [6.07, 6.45) is 0. The van der Waals surface area contributed by atoms with Gasteiger partial charge in [-0.3, -0.25) is 14.5 Å². The van der Waals surface area contributed by atoms with Crippen molar-refractivity contribution in [3.05, 3.63) is 101 Å². The third-order valence-corrected chi connectivity index (χ3v) is 5.46. The summed E-state index contributed by atoms with van der Waals surface area (Å²) in [5.74, 6) is -1.02. The molecule has 0 unspecified atom stereocenters. The molecule has 2 N–H and O–H groups in total. The van der Waals surface area contributed by atoms with Gasteiger partial charge in [0, 0.05) is 35.9 Å². The van der Waals surface area contributed by atoms with Gasteiger partial charge in [-0.2, -0.15) is 0 Å². The first-order chi connectivity index (χ1) is 15.9. The number of nitrogens with zero attached hydrogens (tertiary/aromatic N) is 1. The van der Waals surface area contributed by atoms with E-state index in [1.807, 2.05) is 30.3 Å². The molecule has 172 valence electrons. The van der Waals surface area contributed by atoms with Crippen molar-refractivity contribution < 1.29 is 14.0 Å². The van der Waals surface area contributed by atoms with Crippen molar-refractivity contribution in [2.45, 2.75) is 39.9 Å². The van der Waals surface area contributed by atoms with Crippen LogP contribution in [-0.4, -0.2) is 29.3 Å². The van der Waals surface area contributed by atoms with Crippen molar-refractivity contribution in [1.29, 1.82) is 0 Å². The van der Waals surface area contributed by atoms with Gasteiger partial charge in [-0.1, -0.05) is 37.3 Å². The minimum atomic E-state index is -0.463. The van der Waals surface area contributed by atoms with Crippen LogP contribution in [0.5, 0.6) is 0 Å². The summed E-state index contributed by atoms with van der Waals surface area (Å²) in [7, 11) is 0. The summed E-state index contributed by atoms with van der Waals surface area (Å²) >= 11 is 0. The standard InChI is InChI=1S/C27H30FN3O2/c1-4-31(19(2)3)18-20-11-13-22(14-12-20)26(32)29-17-21-7-5-10-25(15-21)30-27(33)23-8-6-9-24(28)16-23/h5-16,19H,4,17-18H2,1-3H3,(H,29,32)(H,30,33). The van der Waals surface area contributed by atoms with Gasteiger partial charge in [0.15, 0.2) is 0 Å². The fraction of sp³-hybridized carbons (Fsp3) is 0.259. The highest BCUT2D eigenvalue weighted by Crippen LogP contribution is 2.14. The zero-order chi connectivity index (χ0) is 23.8. The van der Waals surface area contributed by atoms with E-state index in [0.29, 0.717) is 23.8 Å². The van der Waals surface area contributed by atoms with E-state index in [4.69, 9.17) is 0 Å². The van der Waals surface area contributed by atoms with Crippen LogP contribution >= 0.6 is 0 Å². The van der Waals surface area contributed by atoms with Crippen LogP contribution in [0.2, 0.25) is 0 Å². The quantitative estimate of drug-likeness (QED) is 0.472. The molecule has 0 atom stereocenters. The summed E-state index contributed by atoms with van der Waals surface area (Å²) in [6, 6.07) is 20.8. The molecule has 5 nitrogen and oxygen atoms in total. The smallest absolute Gasteiger partial charge is 0.255 e. The number of anilines is 1. The number of hydrogen-bond donors (Lipinski definition) is 2. The lowest BCUT2D eigenvalue weighted by molar-refractivity contribution is 0.0950. The Balaban J connectivity index is 1.56. The maximum atomic E-state index is 13.4. The molecule has 0 spiro atoms. The Morgan fingerprint density at radius 1 is 0.879 bits per heavy atom. The third kappa shape index (κ3) is 6.99. The second-order valence-corrected chi connectivity index (χ2v) is 8.20. The average molecular weight is 448 g/mol. The Morgan fingerprint density at radius 2 is 1.61 bits per heavy atom. The van der Waals surface area contributed by atoms with Crippen LogP contribution in [0.3, 0.4) is 0 Å². The van der Waals surface area contributed by atoms with Crippen LogP contribution in [0.1, 0.15) is 52.6 Å². The first-order valence-corrected chi connectivity index (χ1v) is 11.1. The third-order valence-electron chi connectivity index (χ3n) is 5.46. The molecule has 0 heterocycles. The highest BCUT2D eigenvalue weighted by atomic mass is 19.1.